The van der Waals surface area contributed by atoms with Crippen LogP contribution in [0.1, 0.15) is 25.7 Å². The first-order valence-electron chi connectivity index (χ1n) is 5.95. The molecule has 2 fully saturated rings. The van der Waals surface area contributed by atoms with Gasteiger partial charge in [-0.15, -0.1) is 0 Å². The Morgan fingerprint density at radius 3 is 3.00 bits per heavy atom. The molecule has 2 heterocycles. The monoisotopic (exact) mass is 228 g/mol. The van der Waals surface area contributed by atoms with Crippen LogP contribution in [0.4, 0.5) is 0 Å². The topological polar surface area (TPSA) is 41.1 Å². The van der Waals surface area contributed by atoms with Crippen molar-refractivity contribution in [3.8, 4) is 0 Å². The molecular weight excluding hydrogens is 208 g/mol. The summed E-state index contributed by atoms with van der Waals surface area (Å²) in [6.45, 7) is 1.93. The van der Waals surface area contributed by atoms with Gasteiger partial charge < -0.3 is 10.6 Å². The van der Waals surface area contributed by atoms with E-state index in [1.165, 1.54) is 19.3 Å². The van der Waals surface area contributed by atoms with Gasteiger partial charge >= 0.3 is 0 Å². The number of amides is 1. The maximum atomic E-state index is 11.7. The van der Waals surface area contributed by atoms with Crippen molar-refractivity contribution in [3.63, 3.8) is 0 Å². The number of piperidine rings is 1. The van der Waals surface area contributed by atoms with Gasteiger partial charge in [-0.05, 0) is 31.6 Å². The van der Waals surface area contributed by atoms with E-state index in [-0.39, 0.29) is 11.8 Å². The van der Waals surface area contributed by atoms with Crippen LogP contribution < -0.4 is 10.6 Å². The van der Waals surface area contributed by atoms with Crippen molar-refractivity contribution < 1.29 is 4.79 Å². The largest absolute Gasteiger partial charge is 0.354 e. The van der Waals surface area contributed by atoms with Crippen LogP contribution in [-0.4, -0.2) is 36.5 Å². The van der Waals surface area contributed by atoms with E-state index >= 15 is 0 Å². The summed E-state index contributed by atoms with van der Waals surface area (Å²) in [4.78, 5) is 11.7. The second-order valence-corrected chi connectivity index (χ2v) is 5.60. The predicted octanol–water partition coefficient (Wildman–Crippen LogP) is 0.998. The molecule has 0 spiro atoms. The second-order valence-electron chi connectivity index (χ2n) is 4.45. The van der Waals surface area contributed by atoms with Crippen molar-refractivity contribution in [1.82, 2.24) is 10.6 Å². The molecule has 2 rings (SSSR count). The van der Waals surface area contributed by atoms with E-state index in [4.69, 9.17) is 0 Å². The summed E-state index contributed by atoms with van der Waals surface area (Å²) in [5, 5.41) is 6.52. The lowest BCUT2D eigenvalue weighted by Gasteiger charge is -2.24. The number of nitrogens with one attached hydrogen (secondary N) is 2. The van der Waals surface area contributed by atoms with Gasteiger partial charge in [-0.2, -0.15) is 11.8 Å². The fourth-order valence-electron chi connectivity index (χ4n) is 2.21. The summed E-state index contributed by atoms with van der Waals surface area (Å²) < 4.78 is 0. The fraction of sp³-hybridized carbons (Fsp3) is 0.909. The van der Waals surface area contributed by atoms with E-state index in [0.29, 0.717) is 6.04 Å². The fourth-order valence-corrected chi connectivity index (χ4v) is 3.43. The first-order chi connectivity index (χ1) is 7.36. The molecule has 0 aromatic heterocycles. The van der Waals surface area contributed by atoms with Gasteiger partial charge in [-0.1, -0.05) is 6.42 Å². The molecule has 2 unspecified atom stereocenters. The van der Waals surface area contributed by atoms with Crippen LogP contribution in [0.2, 0.25) is 0 Å². The maximum absolute atomic E-state index is 11.7. The van der Waals surface area contributed by atoms with Crippen LogP contribution in [0, 0.1) is 5.92 Å². The number of thioether (sulfide) groups is 1. The van der Waals surface area contributed by atoms with Gasteiger partial charge in [-0.3, -0.25) is 4.79 Å². The second kappa shape index (κ2) is 5.75. The number of hydrogen-bond donors (Lipinski definition) is 2. The summed E-state index contributed by atoms with van der Waals surface area (Å²) in [6, 6.07) is 0.511. The van der Waals surface area contributed by atoms with Gasteiger partial charge in [0.25, 0.3) is 0 Å². The first-order valence-corrected chi connectivity index (χ1v) is 7.10. The molecule has 0 aromatic rings. The van der Waals surface area contributed by atoms with Crippen LogP contribution in [0.15, 0.2) is 0 Å². The molecule has 15 heavy (non-hydrogen) atoms. The summed E-state index contributed by atoms with van der Waals surface area (Å²) in [7, 11) is 0. The molecule has 2 aliphatic heterocycles. The van der Waals surface area contributed by atoms with Crippen molar-refractivity contribution in [1.29, 1.82) is 0 Å². The molecule has 1 amide bonds. The zero-order valence-electron chi connectivity index (χ0n) is 9.13. The third-order valence-corrected chi connectivity index (χ3v) is 4.40. The molecule has 0 aromatic carbocycles. The Bertz CT molecular complexity index is 211. The van der Waals surface area contributed by atoms with Crippen LogP contribution in [0.5, 0.6) is 0 Å². The lowest BCUT2D eigenvalue weighted by atomic mass is 10.0. The quantitative estimate of drug-likeness (QED) is 0.757. The lowest BCUT2D eigenvalue weighted by Crippen LogP contribution is -2.44. The first kappa shape index (κ1) is 11.3. The summed E-state index contributed by atoms with van der Waals surface area (Å²) in [5.74, 6) is 2.72. The van der Waals surface area contributed by atoms with Gasteiger partial charge in [0.05, 0.1) is 0 Å². The molecule has 2 aliphatic rings. The van der Waals surface area contributed by atoms with E-state index < -0.39 is 0 Å². The minimum absolute atomic E-state index is 0.271. The molecule has 86 valence electrons. The van der Waals surface area contributed by atoms with Gasteiger partial charge in [0, 0.05) is 24.3 Å². The Morgan fingerprint density at radius 2 is 2.33 bits per heavy atom. The Kier molecular flexibility index (Phi) is 4.32. The zero-order valence-corrected chi connectivity index (χ0v) is 9.94. The van der Waals surface area contributed by atoms with Crippen molar-refractivity contribution in [2.75, 3.05) is 24.6 Å². The minimum atomic E-state index is 0.271. The van der Waals surface area contributed by atoms with Crippen LogP contribution in [-0.2, 0) is 4.79 Å². The SMILES string of the molecule is O=C(NCC1CCCCN1)C1CCSC1. The molecule has 2 N–H and O–H groups in total. The Balaban J connectivity index is 1.65. The number of hydrogen-bond acceptors (Lipinski definition) is 3. The average molecular weight is 228 g/mol. The van der Waals surface area contributed by atoms with E-state index in [0.717, 1.165) is 31.0 Å². The van der Waals surface area contributed by atoms with Crippen molar-refractivity contribution in [3.05, 3.63) is 0 Å². The lowest BCUT2D eigenvalue weighted by molar-refractivity contribution is -0.124. The van der Waals surface area contributed by atoms with E-state index in [2.05, 4.69) is 10.6 Å². The molecule has 0 aliphatic carbocycles. The highest BCUT2D eigenvalue weighted by molar-refractivity contribution is 7.99. The summed E-state index contributed by atoms with van der Waals surface area (Å²) >= 11 is 1.90. The normalized spacial score (nSPS) is 31.5. The van der Waals surface area contributed by atoms with Crippen LogP contribution >= 0.6 is 11.8 Å². The summed E-state index contributed by atoms with van der Waals surface area (Å²) in [6.07, 6.45) is 4.85. The molecule has 0 radical (unpaired) electrons. The van der Waals surface area contributed by atoms with E-state index in [1.54, 1.807) is 0 Å². The Hall–Kier alpha value is -0.220. The van der Waals surface area contributed by atoms with E-state index in [9.17, 15) is 4.79 Å². The molecule has 2 saturated heterocycles. The van der Waals surface area contributed by atoms with Crippen LogP contribution in [0.3, 0.4) is 0 Å². The van der Waals surface area contributed by atoms with Crippen molar-refractivity contribution in [2.24, 2.45) is 5.92 Å². The van der Waals surface area contributed by atoms with Crippen LogP contribution in [0.25, 0.3) is 0 Å². The molecule has 3 nitrogen and oxygen atoms in total. The van der Waals surface area contributed by atoms with Gasteiger partial charge in [-0.25, -0.2) is 0 Å². The highest BCUT2D eigenvalue weighted by atomic mass is 32.2. The van der Waals surface area contributed by atoms with Crippen molar-refractivity contribution in [2.45, 2.75) is 31.7 Å². The molecule has 2 atom stereocenters. The third-order valence-electron chi connectivity index (χ3n) is 3.24. The van der Waals surface area contributed by atoms with Crippen molar-refractivity contribution >= 4 is 17.7 Å². The Labute approximate surface area is 95.8 Å². The number of carbonyl (C=O) groups excluding carboxylic acids is 1. The van der Waals surface area contributed by atoms with Gasteiger partial charge in [0.2, 0.25) is 5.91 Å². The Morgan fingerprint density at radius 1 is 1.40 bits per heavy atom. The maximum Gasteiger partial charge on any atom is 0.224 e. The number of carbonyl (C=O) groups is 1. The number of rotatable bonds is 3. The van der Waals surface area contributed by atoms with Gasteiger partial charge in [0.1, 0.15) is 0 Å². The molecule has 0 bridgehead atoms. The minimum Gasteiger partial charge on any atom is -0.354 e. The van der Waals surface area contributed by atoms with Gasteiger partial charge in [0.15, 0.2) is 0 Å². The summed E-state index contributed by atoms with van der Waals surface area (Å²) in [5.41, 5.74) is 0. The molecule has 4 heteroatoms. The molecular formula is C11H20N2OS. The van der Waals surface area contributed by atoms with E-state index in [1.807, 2.05) is 11.8 Å². The smallest absolute Gasteiger partial charge is 0.224 e. The highest BCUT2D eigenvalue weighted by Crippen LogP contribution is 2.23. The highest BCUT2D eigenvalue weighted by Gasteiger charge is 2.23. The zero-order chi connectivity index (χ0) is 10.5. The predicted molar refractivity (Wildman–Crippen MR) is 64.1 cm³/mol. The standard InChI is InChI=1S/C11H20N2OS/c14-11(9-4-6-15-8-9)13-7-10-3-1-2-5-12-10/h9-10,12H,1-8H2,(H,13,14). The average Bonchev–Trinajstić information content (AvgIpc) is 2.81. The molecule has 0 saturated carbocycles. The third kappa shape index (κ3) is 3.38.